The van der Waals surface area contributed by atoms with Gasteiger partial charge in [-0.1, -0.05) is 18.2 Å². The minimum Gasteiger partial charge on any atom is -0.357 e. The molecule has 3 N–H and O–H groups in total. The van der Waals surface area contributed by atoms with Gasteiger partial charge in [-0.05, 0) is 19.1 Å². The van der Waals surface area contributed by atoms with Crippen LogP contribution >= 0.6 is 24.0 Å². The third-order valence-corrected chi connectivity index (χ3v) is 3.63. The Balaban J connectivity index is 0.00000312. The number of carbonyl (C=O) groups is 2. The van der Waals surface area contributed by atoms with Gasteiger partial charge in [-0.15, -0.1) is 24.0 Å². The number of aliphatic imine (C=N–C) groups is 1. The van der Waals surface area contributed by atoms with Crippen molar-refractivity contribution in [1.82, 2.24) is 16.0 Å². The summed E-state index contributed by atoms with van der Waals surface area (Å²) in [6.07, 6.45) is 0.436. The van der Waals surface area contributed by atoms with Gasteiger partial charge in [-0.25, -0.2) is 0 Å². The Bertz CT molecular complexity index is 594. The predicted octanol–water partition coefficient (Wildman–Crippen LogP) is 1.10. The molecule has 25 heavy (non-hydrogen) atoms. The average Bonchev–Trinajstić information content (AvgIpc) is 2.93. The molecule has 0 aromatic heterocycles. The fourth-order valence-electron chi connectivity index (χ4n) is 2.57. The zero-order valence-electron chi connectivity index (χ0n) is 14.6. The van der Waals surface area contributed by atoms with Crippen LogP contribution in [0.1, 0.15) is 20.3 Å². The standard InChI is InChI=1S/C17H25N5O2.HI/c1-3-18-17(20-10-9-19-13(2)23)21-14-11-16(24)22(12-14)15-7-5-4-6-8-15;/h4-8,14H,3,9-12H2,1-2H3,(H,19,23)(H2,18,20,21);1H. The van der Waals surface area contributed by atoms with Crippen molar-refractivity contribution in [2.75, 3.05) is 31.1 Å². The molecular weight excluding hydrogens is 433 g/mol. The van der Waals surface area contributed by atoms with Crippen LogP contribution in [0.3, 0.4) is 0 Å². The van der Waals surface area contributed by atoms with Gasteiger partial charge in [-0.2, -0.15) is 0 Å². The Labute approximate surface area is 165 Å². The summed E-state index contributed by atoms with van der Waals surface area (Å²) in [6, 6.07) is 9.68. The summed E-state index contributed by atoms with van der Waals surface area (Å²) < 4.78 is 0. The first-order valence-corrected chi connectivity index (χ1v) is 8.25. The normalized spacial score (nSPS) is 17.0. The van der Waals surface area contributed by atoms with Gasteiger partial charge >= 0.3 is 0 Å². The van der Waals surface area contributed by atoms with Gasteiger partial charge in [0, 0.05) is 38.7 Å². The van der Waals surface area contributed by atoms with E-state index in [1.54, 1.807) is 4.90 Å². The van der Waals surface area contributed by atoms with E-state index in [1.807, 2.05) is 37.3 Å². The molecule has 1 unspecified atom stereocenters. The van der Waals surface area contributed by atoms with E-state index in [4.69, 9.17) is 0 Å². The van der Waals surface area contributed by atoms with Crippen LogP contribution in [0.5, 0.6) is 0 Å². The molecule has 1 saturated heterocycles. The number of rotatable bonds is 6. The third-order valence-electron chi connectivity index (χ3n) is 3.63. The molecular formula is C17H26IN5O2. The quantitative estimate of drug-likeness (QED) is 0.258. The number of guanidine groups is 1. The van der Waals surface area contributed by atoms with Crippen LogP contribution in [0, 0.1) is 0 Å². The third kappa shape index (κ3) is 6.89. The van der Waals surface area contributed by atoms with Gasteiger partial charge in [0.15, 0.2) is 5.96 Å². The number of hydrogen-bond acceptors (Lipinski definition) is 3. The maximum absolute atomic E-state index is 12.2. The van der Waals surface area contributed by atoms with Crippen molar-refractivity contribution in [3.05, 3.63) is 30.3 Å². The summed E-state index contributed by atoms with van der Waals surface area (Å²) in [5.41, 5.74) is 0.916. The SMILES string of the molecule is CCNC(=NCCNC(C)=O)NC1CC(=O)N(c2ccccc2)C1.I. The second-order valence-electron chi connectivity index (χ2n) is 5.63. The molecule has 0 bridgehead atoms. The van der Waals surface area contributed by atoms with Crippen molar-refractivity contribution < 1.29 is 9.59 Å². The monoisotopic (exact) mass is 459 g/mol. The molecule has 0 spiro atoms. The van der Waals surface area contributed by atoms with Crippen LogP contribution in [0.4, 0.5) is 5.69 Å². The molecule has 1 aromatic rings. The van der Waals surface area contributed by atoms with E-state index in [1.165, 1.54) is 6.92 Å². The fraction of sp³-hybridized carbons (Fsp3) is 0.471. The predicted molar refractivity (Wildman–Crippen MR) is 110 cm³/mol. The van der Waals surface area contributed by atoms with Crippen molar-refractivity contribution in [3.8, 4) is 0 Å². The smallest absolute Gasteiger partial charge is 0.229 e. The van der Waals surface area contributed by atoms with Crippen molar-refractivity contribution in [2.45, 2.75) is 26.3 Å². The lowest BCUT2D eigenvalue weighted by atomic mass is 10.2. The summed E-state index contributed by atoms with van der Waals surface area (Å²) in [6.45, 7) is 5.79. The highest BCUT2D eigenvalue weighted by atomic mass is 127. The second kappa shape index (κ2) is 10.9. The van der Waals surface area contributed by atoms with E-state index >= 15 is 0 Å². The lowest BCUT2D eigenvalue weighted by Crippen LogP contribution is -2.45. The highest BCUT2D eigenvalue weighted by molar-refractivity contribution is 14.0. The molecule has 2 rings (SSSR count). The van der Waals surface area contributed by atoms with Crippen LogP contribution in [-0.2, 0) is 9.59 Å². The molecule has 1 heterocycles. The molecule has 0 radical (unpaired) electrons. The molecule has 8 heteroatoms. The molecule has 1 aliphatic rings. The Hall–Kier alpha value is -1.84. The van der Waals surface area contributed by atoms with Gasteiger partial charge in [0.1, 0.15) is 0 Å². The average molecular weight is 459 g/mol. The summed E-state index contributed by atoms with van der Waals surface area (Å²) in [5.74, 6) is 0.700. The summed E-state index contributed by atoms with van der Waals surface area (Å²) in [4.78, 5) is 29.3. The number of benzene rings is 1. The van der Waals surface area contributed by atoms with E-state index in [0.29, 0.717) is 32.0 Å². The van der Waals surface area contributed by atoms with Crippen molar-refractivity contribution in [1.29, 1.82) is 0 Å². The lowest BCUT2D eigenvalue weighted by molar-refractivity contribution is -0.119. The van der Waals surface area contributed by atoms with Crippen LogP contribution < -0.4 is 20.9 Å². The number of halogens is 1. The maximum Gasteiger partial charge on any atom is 0.229 e. The number of nitrogens with one attached hydrogen (secondary N) is 3. The second-order valence-corrected chi connectivity index (χ2v) is 5.63. The van der Waals surface area contributed by atoms with E-state index in [2.05, 4.69) is 20.9 Å². The van der Waals surface area contributed by atoms with Crippen LogP contribution in [0.15, 0.2) is 35.3 Å². The maximum atomic E-state index is 12.2. The summed E-state index contributed by atoms with van der Waals surface area (Å²) in [7, 11) is 0. The number of carbonyl (C=O) groups excluding carboxylic acids is 2. The summed E-state index contributed by atoms with van der Waals surface area (Å²) in [5, 5.41) is 9.17. The number of nitrogens with zero attached hydrogens (tertiary/aromatic N) is 2. The molecule has 1 atom stereocenters. The van der Waals surface area contributed by atoms with Crippen molar-refractivity contribution in [3.63, 3.8) is 0 Å². The minimum atomic E-state index is -0.0666. The molecule has 0 saturated carbocycles. The number of hydrogen-bond donors (Lipinski definition) is 3. The Kier molecular flexibility index (Phi) is 9.25. The highest BCUT2D eigenvalue weighted by Gasteiger charge is 2.30. The fourth-order valence-corrected chi connectivity index (χ4v) is 2.57. The van der Waals surface area contributed by atoms with E-state index in [0.717, 1.165) is 12.2 Å². The van der Waals surface area contributed by atoms with Gasteiger partial charge in [0.05, 0.1) is 12.6 Å². The van der Waals surface area contributed by atoms with Crippen LogP contribution in [-0.4, -0.2) is 50.0 Å². The zero-order chi connectivity index (χ0) is 17.4. The van der Waals surface area contributed by atoms with Gasteiger partial charge in [0.25, 0.3) is 0 Å². The number of anilines is 1. The number of amides is 2. The summed E-state index contributed by atoms with van der Waals surface area (Å²) >= 11 is 0. The molecule has 1 aliphatic heterocycles. The van der Waals surface area contributed by atoms with Gasteiger partial charge < -0.3 is 20.9 Å². The first kappa shape index (κ1) is 21.2. The largest absolute Gasteiger partial charge is 0.357 e. The zero-order valence-corrected chi connectivity index (χ0v) is 16.9. The van der Waals surface area contributed by atoms with Gasteiger partial charge in [-0.3, -0.25) is 14.6 Å². The molecule has 138 valence electrons. The van der Waals surface area contributed by atoms with E-state index in [-0.39, 0.29) is 41.8 Å². The van der Waals surface area contributed by atoms with E-state index in [9.17, 15) is 9.59 Å². The minimum absolute atomic E-state index is 0. The van der Waals surface area contributed by atoms with Crippen LogP contribution in [0.2, 0.25) is 0 Å². The van der Waals surface area contributed by atoms with E-state index < -0.39 is 0 Å². The topological polar surface area (TPSA) is 85.8 Å². The molecule has 1 aromatic carbocycles. The highest BCUT2D eigenvalue weighted by Crippen LogP contribution is 2.20. The Morgan fingerprint density at radius 2 is 2.00 bits per heavy atom. The molecule has 2 amide bonds. The van der Waals surface area contributed by atoms with Crippen LogP contribution in [0.25, 0.3) is 0 Å². The number of para-hydroxylation sites is 1. The lowest BCUT2D eigenvalue weighted by Gasteiger charge is -2.19. The first-order chi connectivity index (χ1) is 11.6. The Morgan fingerprint density at radius 3 is 2.64 bits per heavy atom. The Morgan fingerprint density at radius 1 is 1.28 bits per heavy atom. The molecule has 0 aliphatic carbocycles. The van der Waals surface area contributed by atoms with Crippen molar-refractivity contribution in [2.24, 2.45) is 4.99 Å². The molecule has 1 fully saturated rings. The molecule has 7 nitrogen and oxygen atoms in total. The first-order valence-electron chi connectivity index (χ1n) is 8.25. The van der Waals surface area contributed by atoms with Crippen molar-refractivity contribution >= 4 is 47.4 Å². The van der Waals surface area contributed by atoms with Gasteiger partial charge in [0.2, 0.25) is 11.8 Å².